The molecule has 6 nitrogen and oxygen atoms in total. The van der Waals surface area contributed by atoms with Gasteiger partial charge in [0.1, 0.15) is 6.23 Å². The van der Waals surface area contributed by atoms with Crippen molar-refractivity contribution in [1.82, 2.24) is 4.90 Å². The van der Waals surface area contributed by atoms with Gasteiger partial charge in [0.15, 0.2) is 11.5 Å². The van der Waals surface area contributed by atoms with Crippen LogP contribution in [0.2, 0.25) is 0 Å². The minimum Gasteiger partial charge on any atom is -0.504 e. The number of carbonyl (C=O) groups is 1. The number of phenolic OH excluding ortho intramolecular Hbond substituents is 1. The summed E-state index contributed by atoms with van der Waals surface area (Å²) in [6.07, 6.45) is 1.75. The molecule has 0 saturated carbocycles. The summed E-state index contributed by atoms with van der Waals surface area (Å²) in [5.41, 5.74) is 1.94. The molecular formula is C15H18N2O4. The van der Waals surface area contributed by atoms with E-state index in [1.807, 2.05) is 13.0 Å². The second-order valence-corrected chi connectivity index (χ2v) is 5.31. The van der Waals surface area contributed by atoms with Gasteiger partial charge in [0.2, 0.25) is 0 Å². The Morgan fingerprint density at radius 3 is 2.90 bits per heavy atom. The van der Waals surface area contributed by atoms with Crippen molar-refractivity contribution in [3.05, 3.63) is 29.3 Å². The van der Waals surface area contributed by atoms with Crippen molar-refractivity contribution in [2.45, 2.75) is 25.6 Å². The number of aliphatic hydroxyl groups excluding tert-OH is 1. The number of benzene rings is 1. The number of phenols is 1. The van der Waals surface area contributed by atoms with Gasteiger partial charge in [0.25, 0.3) is 5.91 Å². The standard InChI is InChI=1S/C15H18N2O4/c1-3-8-4-11-14(19)16-10-6-12(18)13(21-2)5-9(10)15(20)17(11)7-8/h3,5-6,11,14,16,18-19H,4,7H2,1-2H3/t11-,14+/m0/s1. The molecule has 1 aromatic rings. The number of rotatable bonds is 1. The first-order valence-electron chi connectivity index (χ1n) is 6.85. The first-order valence-corrected chi connectivity index (χ1v) is 6.85. The molecule has 2 aliphatic heterocycles. The largest absolute Gasteiger partial charge is 0.504 e. The maximum Gasteiger partial charge on any atom is 0.256 e. The lowest BCUT2D eigenvalue weighted by Crippen LogP contribution is -2.43. The number of methoxy groups -OCH3 is 1. The quantitative estimate of drug-likeness (QED) is 0.679. The fourth-order valence-electron chi connectivity index (χ4n) is 2.93. The van der Waals surface area contributed by atoms with Gasteiger partial charge in [-0.1, -0.05) is 11.6 Å². The van der Waals surface area contributed by atoms with Gasteiger partial charge in [-0.15, -0.1) is 0 Å². The molecule has 1 saturated heterocycles. The summed E-state index contributed by atoms with van der Waals surface area (Å²) < 4.78 is 5.06. The molecule has 6 heteroatoms. The number of hydrogen-bond acceptors (Lipinski definition) is 5. The Hall–Kier alpha value is -2.21. The Morgan fingerprint density at radius 2 is 2.24 bits per heavy atom. The lowest BCUT2D eigenvalue weighted by molar-refractivity contribution is 0.0582. The van der Waals surface area contributed by atoms with Crippen molar-refractivity contribution >= 4 is 11.6 Å². The highest BCUT2D eigenvalue weighted by molar-refractivity contribution is 6.02. The Balaban J connectivity index is 2.08. The normalized spacial score (nSPS) is 26.1. The molecule has 0 aromatic heterocycles. The first kappa shape index (κ1) is 13.8. The zero-order valence-corrected chi connectivity index (χ0v) is 12.0. The molecule has 0 aliphatic carbocycles. The van der Waals surface area contributed by atoms with Crippen LogP contribution in [0.1, 0.15) is 23.7 Å². The number of allylic oxidation sites excluding steroid dienone is 1. The topological polar surface area (TPSA) is 82.0 Å². The molecule has 21 heavy (non-hydrogen) atoms. The molecule has 0 bridgehead atoms. The third kappa shape index (κ3) is 2.12. The third-order valence-corrected chi connectivity index (χ3v) is 4.13. The number of nitrogens with zero attached hydrogens (tertiary/aromatic N) is 1. The summed E-state index contributed by atoms with van der Waals surface area (Å²) in [5.74, 6) is -0.00329. The summed E-state index contributed by atoms with van der Waals surface area (Å²) >= 11 is 0. The van der Waals surface area contributed by atoms with Crippen LogP contribution in [-0.4, -0.2) is 46.9 Å². The minimum atomic E-state index is -0.875. The molecule has 2 aliphatic rings. The first-order chi connectivity index (χ1) is 10.0. The monoisotopic (exact) mass is 290 g/mol. The zero-order valence-electron chi connectivity index (χ0n) is 12.0. The fraction of sp³-hybridized carbons (Fsp3) is 0.400. The maximum atomic E-state index is 12.7. The third-order valence-electron chi connectivity index (χ3n) is 4.13. The van der Waals surface area contributed by atoms with E-state index in [9.17, 15) is 15.0 Å². The number of hydrogen-bond donors (Lipinski definition) is 3. The smallest absolute Gasteiger partial charge is 0.256 e. The van der Waals surface area contributed by atoms with Crippen molar-refractivity contribution in [2.75, 3.05) is 19.0 Å². The van der Waals surface area contributed by atoms with Gasteiger partial charge in [0.05, 0.1) is 24.4 Å². The molecule has 3 rings (SSSR count). The summed E-state index contributed by atoms with van der Waals surface area (Å²) in [7, 11) is 1.43. The van der Waals surface area contributed by atoms with Gasteiger partial charge in [0, 0.05) is 12.6 Å². The molecule has 2 heterocycles. The highest BCUT2D eigenvalue weighted by Crippen LogP contribution is 2.38. The molecule has 3 N–H and O–H groups in total. The van der Waals surface area contributed by atoms with E-state index >= 15 is 0 Å². The van der Waals surface area contributed by atoms with Crippen LogP contribution in [-0.2, 0) is 0 Å². The zero-order chi connectivity index (χ0) is 15.1. The number of anilines is 1. The van der Waals surface area contributed by atoms with E-state index < -0.39 is 6.23 Å². The Morgan fingerprint density at radius 1 is 1.48 bits per heavy atom. The van der Waals surface area contributed by atoms with E-state index in [0.717, 1.165) is 5.57 Å². The SMILES string of the molecule is CC=C1C[C@H]2[C@@H](O)Nc3cc(O)c(OC)cc3C(=O)N2C1. The van der Waals surface area contributed by atoms with Gasteiger partial charge in [-0.2, -0.15) is 0 Å². The molecule has 0 radical (unpaired) electrons. The summed E-state index contributed by atoms with van der Waals surface area (Å²) in [4.78, 5) is 14.4. The van der Waals surface area contributed by atoms with Gasteiger partial charge < -0.3 is 25.2 Å². The number of carbonyl (C=O) groups excluding carboxylic acids is 1. The summed E-state index contributed by atoms with van der Waals surface area (Å²) in [5, 5.41) is 23.1. The minimum absolute atomic E-state index is 0.0695. The lowest BCUT2D eigenvalue weighted by Gasteiger charge is -2.24. The van der Waals surface area contributed by atoms with Crippen LogP contribution in [0.5, 0.6) is 11.5 Å². The molecule has 1 aromatic carbocycles. The molecule has 2 atom stereocenters. The van der Waals surface area contributed by atoms with Crippen molar-refractivity contribution in [1.29, 1.82) is 0 Å². The Labute approximate surface area is 122 Å². The number of amides is 1. The van der Waals surface area contributed by atoms with Crippen LogP contribution in [0.25, 0.3) is 0 Å². The highest BCUT2D eigenvalue weighted by Gasteiger charge is 2.40. The summed E-state index contributed by atoms with van der Waals surface area (Å²) in [6, 6.07) is 2.61. The van der Waals surface area contributed by atoms with Crippen LogP contribution in [0.3, 0.4) is 0 Å². The predicted octanol–water partition coefficient (Wildman–Crippen LogP) is 1.31. The van der Waals surface area contributed by atoms with E-state index in [1.165, 1.54) is 19.2 Å². The lowest BCUT2D eigenvalue weighted by atomic mass is 10.1. The van der Waals surface area contributed by atoms with Gasteiger partial charge in [-0.05, 0) is 19.4 Å². The van der Waals surface area contributed by atoms with E-state index in [0.29, 0.717) is 24.2 Å². The highest BCUT2D eigenvalue weighted by atomic mass is 16.5. The van der Waals surface area contributed by atoms with Crippen LogP contribution in [0.4, 0.5) is 5.69 Å². The van der Waals surface area contributed by atoms with Crippen LogP contribution in [0, 0.1) is 0 Å². The van der Waals surface area contributed by atoms with Gasteiger partial charge in [-0.25, -0.2) is 0 Å². The number of nitrogens with one attached hydrogen (secondary N) is 1. The number of aliphatic hydroxyl groups is 1. The fourth-order valence-corrected chi connectivity index (χ4v) is 2.93. The van der Waals surface area contributed by atoms with Gasteiger partial charge in [-0.3, -0.25) is 4.79 Å². The van der Waals surface area contributed by atoms with Crippen LogP contribution < -0.4 is 10.1 Å². The number of ether oxygens (including phenoxy) is 1. The van der Waals surface area contributed by atoms with Crippen molar-refractivity contribution in [2.24, 2.45) is 0 Å². The Kier molecular flexibility index (Phi) is 3.25. The number of aromatic hydroxyl groups is 1. The molecule has 0 spiro atoms. The second-order valence-electron chi connectivity index (χ2n) is 5.31. The second kappa shape index (κ2) is 4.96. The van der Waals surface area contributed by atoms with E-state index in [1.54, 1.807) is 4.90 Å². The molecular weight excluding hydrogens is 272 g/mol. The molecule has 1 amide bonds. The molecule has 1 fully saturated rings. The van der Waals surface area contributed by atoms with Crippen molar-refractivity contribution in [3.8, 4) is 11.5 Å². The van der Waals surface area contributed by atoms with Crippen molar-refractivity contribution in [3.63, 3.8) is 0 Å². The maximum absolute atomic E-state index is 12.7. The predicted molar refractivity (Wildman–Crippen MR) is 77.5 cm³/mol. The molecule has 112 valence electrons. The van der Waals surface area contributed by atoms with Crippen LogP contribution in [0.15, 0.2) is 23.8 Å². The number of fused-ring (bicyclic) bond motifs is 2. The average Bonchev–Trinajstić information content (AvgIpc) is 2.87. The van der Waals surface area contributed by atoms with E-state index in [4.69, 9.17) is 4.74 Å². The van der Waals surface area contributed by atoms with Gasteiger partial charge >= 0.3 is 0 Å². The van der Waals surface area contributed by atoms with E-state index in [-0.39, 0.29) is 23.4 Å². The van der Waals surface area contributed by atoms with Crippen LogP contribution >= 0.6 is 0 Å². The van der Waals surface area contributed by atoms with E-state index in [2.05, 4.69) is 5.32 Å². The molecule has 0 unspecified atom stereocenters. The Bertz CT molecular complexity index is 626. The summed E-state index contributed by atoms with van der Waals surface area (Å²) in [6.45, 7) is 2.45. The van der Waals surface area contributed by atoms with Crippen molar-refractivity contribution < 1.29 is 19.7 Å². The average molecular weight is 290 g/mol.